The molecule has 0 bridgehead atoms. The van der Waals surface area contributed by atoms with Gasteiger partial charge in [0.25, 0.3) is 5.91 Å². The number of fused-ring (bicyclic) bond motifs is 1. The summed E-state index contributed by atoms with van der Waals surface area (Å²) in [5.41, 5.74) is 7.93. The average molecular weight is 300 g/mol. The van der Waals surface area contributed by atoms with Crippen molar-refractivity contribution >= 4 is 17.3 Å². The number of rotatable bonds is 3. The molecule has 1 aliphatic rings. The molecule has 1 aliphatic heterocycles. The van der Waals surface area contributed by atoms with Crippen LogP contribution in [0.3, 0.4) is 0 Å². The Morgan fingerprint density at radius 2 is 1.95 bits per heavy atom. The van der Waals surface area contributed by atoms with Crippen molar-refractivity contribution in [3.05, 3.63) is 53.8 Å². The minimum Gasteiger partial charge on any atom is -0.478 e. The first-order valence-corrected chi connectivity index (χ1v) is 7.21. The SMILES string of the molecule is CCC1Oc2cccc(N)c2N(Cc2ccc(F)cc2)C1=O. The van der Waals surface area contributed by atoms with Crippen LogP contribution in [0.5, 0.6) is 5.75 Å². The van der Waals surface area contributed by atoms with E-state index < -0.39 is 6.10 Å². The molecule has 2 aromatic rings. The average Bonchev–Trinajstić information content (AvgIpc) is 2.52. The summed E-state index contributed by atoms with van der Waals surface area (Å²) in [4.78, 5) is 14.2. The molecule has 0 aliphatic carbocycles. The van der Waals surface area contributed by atoms with Gasteiger partial charge < -0.3 is 10.5 Å². The smallest absolute Gasteiger partial charge is 0.268 e. The standard InChI is InChI=1S/C17H17FN2O2/c1-2-14-17(21)20(10-11-6-8-12(18)9-7-11)16-13(19)4-3-5-15(16)22-14/h3-9,14H,2,10,19H2,1H3. The van der Waals surface area contributed by atoms with Gasteiger partial charge in [0.1, 0.15) is 17.3 Å². The van der Waals surface area contributed by atoms with Crippen molar-refractivity contribution in [2.24, 2.45) is 0 Å². The monoisotopic (exact) mass is 300 g/mol. The van der Waals surface area contributed by atoms with Gasteiger partial charge in [-0.1, -0.05) is 25.1 Å². The molecule has 22 heavy (non-hydrogen) atoms. The molecule has 0 aromatic heterocycles. The minimum absolute atomic E-state index is 0.128. The second-order valence-corrected chi connectivity index (χ2v) is 5.26. The number of nitrogens with two attached hydrogens (primary N) is 1. The number of anilines is 2. The van der Waals surface area contributed by atoms with Crippen molar-refractivity contribution in [3.63, 3.8) is 0 Å². The van der Waals surface area contributed by atoms with Gasteiger partial charge in [-0.25, -0.2) is 4.39 Å². The van der Waals surface area contributed by atoms with Crippen LogP contribution in [-0.4, -0.2) is 12.0 Å². The molecule has 4 nitrogen and oxygen atoms in total. The van der Waals surface area contributed by atoms with Crippen LogP contribution in [-0.2, 0) is 11.3 Å². The van der Waals surface area contributed by atoms with Crippen molar-refractivity contribution in [1.29, 1.82) is 0 Å². The molecule has 114 valence electrons. The first-order valence-electron chi connectivity index (χ1n) is 7.21. The number of nitrogen functional groups attached to an aromatic ring is 1. The van der Waals surface area contributed by atoms with Crippen molar-refractivity contribution in [1.82, 2.24) is 0 Å². The van der Waals surface area contributed by atoms with E-state index in [1.54, 1.807) is 35.2 Å². The largest absolute Gasteiger partial charge is 0.478 e. The van der Waals surface area contributed by atoms with Crippen LogP contribution in [0, 0.1) is 5.82 Å². The molecule has 0 spiro atoms. The number of nitrogens with zero attached hydrogens (tertiary/aromatic N) is 1. The van der Waals surface area contributed by atoms with Crippen molar-refractivity contribution in [2.45, 2.75) is 26.0 Å². The zero-order valence-electron chi connectivity index (χ0n) is 12.3. The van der Waals surface area contributed by atoms with Gasteiger partial charge in [-0.15, -0.1) is 0 Å². The highest BCUT2D eigenvalue weighted by Crippen LogP contribution is 2.40. The highest BCUT2D eigenvalue weighted by Gasteiger charge is 2.34. The molecule has 3 rings (SSSR count). The van der Waals surface area contributed by atoms with Crippen LogP contribution in [0.1, 0.15) is 18.9 Å². The number of para-hydroxylation sites is 1. The number of hydrogen-bond acceptors (Lipinski definition) is 3. The fourth-order valence-electron chi connectivity index (χ4n) is 2.60. The highest BCUT2D eigenvalue weighted by atomic mass is 19.1. The summed E-state index contributed by atoms with van der Waals surface area (Å²) < 4.78 is 18.8. The van der Waals surface area contributed by atoms with Crippen LogP contribution < -0.4 is 15.4 Å². The van der Waals surface area contributed by atoms with E-state index in [0.29, 0.717) is 30.1 Å². The summed E-state index contributed by atoms with van der Waals surface area (Å²) in [5, 5.41) is 0. The zero-order chi connectivity index (χ0) is 15.7. The molecule has 2 aromatic carbocycles. The van der Waals surface area contributed by atoms with E-state index in [1.165, 1.54) is 12.1 Å². The summed E-state index contributed by atoms with van der Waals surface area (Å²) in [7, 11) is 0. The zero-order valence-corrected chi connectivity index (χ0v) is 12.3. The molecular formula is C17H17FN2O2. The van der Waals surface area contributed by atoms with Gasteiger partial charge in [-0.2, -0.15) is 0 Å². The van der Waals surface area contributed by atoms with Gasteiger partial charge >= 0.3 is 0 Å². The van der Waals surface area contributed by atoms with Gasteiger partial charge in [-0.05, 0) is 36.2 Å². The molecule has 0 fully saturated rings. The Labute approximate surface area is 128 Å². The lowest BCUT2D eigenvalue weighted by atomic mass is 10.1. The molecule has 0 saturated heterocycles. The van der Waals surface area contributed by atoms with Crippen molar-refractivity contribution in [2.75, 3.05) is 10.6 Å². The topological polar surface area (TPSA) is 55.6 Å². The molecule has 2 N–H and O–H groups in total. The summed E-state index contributed by atoms with van der Waals surface area (Å²) in [6.07, 6.45) is 0.0576. The lowest BCUT2D eigenvalue weighted by Crippen LogP contribution is -2.45. The second kappa shape index (κ2) is 5.67. The van der Waals surface area contributed by atoms with Crippen LogP contribution >= 0.6 is 0 Å². The summed E-state index contributed by atoms with van der Waals surface area (Å²) in [6.45, 7) is 2.23. The lowest BCUT2D eigenvalue weighted by molar-refractivity contribution is -0.126. The highest BCUT2D eigenvalue weighted by molar-refractivity contribution is 6.02. The number of benzene rings is 2. The minimum atomic E-state index is -0.519. The molecule has 1 unspecified atom stereocenters. The predicted octanol–water partition coefficient (Wildman–Crippen LogP) is 3.11. The van der Waals surface area contributed by atoms with Crippen LogP contribution in [0.4, 0.5) is 15.8 Å². The fraction of sp³-hybridized carbons (Fsp3) is 0.235. The number of carbonyl (C=O) groups is 1. The van der Waals surface area contributed by atoms with Crippen LogP contribution in [0.15, 0.2) is 42.5 Å². The first-order chi connectivity index (χ1) is 10.6. The van der Waals surface area contributed by atoms with Crippen LogP contribution in [0.25, 0.3) is 0 Å². The van der Waals surface area contributed by atoms with Crippen LogP contribution in [0.2, 0.25) is 0 Å². The third-order valence-electron chi connectivity index (χ3n) is 3.74. The van der Waals surface area contributed by atoms with Gasteiger partial charge in [0.15, 0.2) is 6.10 Å². The predicted molar refractivity (Wildman–Crippen MR) is 83.2 cm³/mol. The summed E-state index contributed by atoms with van der Waals surface area (Å²) in [5.74, 6) is 0.175. The van der Waals surface area contributed by atoms with E-state index in [4.69, 9.17) is 10.5 Å². The third-order valence-corrected chi connectivity index (χ3v) is 3.74. The normalized spacial score (nSPS) is 17.1. The molecule has 1 heterocycles. The van der Waals surface area contributed by atoms with Crippen molar-refractivity contribution in [3.8, 4) is 5.75 Å². The Morgan fingerprint density at radius 3 is 2.64 bits per heavy atom. The Bertz CT molecular complexity index is 700. The van der Waals surface area contributed by atoms with Gasteiger partial charge in [0.05, 0.1) is 12.2 Å². The Kier molecular flexibility index (Phi) is 3.71. The van der Waals surface area contributed by atoms with Gasteiger partial charge in [0.2, 0.25) is 0 Å². The number of carbonyl (C=O) groups excluding carboxylic acids is 1. The molecule has 1 atom stereocenters. The molecule has 1 amide bonds. The second-order valence-electron chi connectivity index (χ2n) is 5.26. The molecule has 0 radical (unpaired) electrons. The number of halogens is 1. The van der Waals surface area contributed by atoms with Gasteiger partial charge in [0, 0.05) is 0 Å². The Balaban J connectivity index is 2.00. The van der Waals surface area contributed by atoms with E-state index in [-0.39, 0.29) is 11.7 Å². The van der Waals surface area contributed by atoms with E-state index in [2.05, 4.69) is 0 Å². The third kappa shape index (κ3) is 2.50. The van der Waals surface area contributed by atoms with E-state index in [9.17, 15) is 9.18 Å². The van der Waals surface area contributed by atoms with E-state index in [1.807, 2.05) is 6.92 Å². The quantitative estimate of drug-likeness (QED) is 0.886. The molecule has 5 heteroatoms. The first kappa shape index (κ1) is 14.4. The number of amides is 1. The maximum atomic E-state index is 13.0. The Hall–Kier alpha value is -2.56. The van der Waals surface area contributed by atoms with E-state index >= 15 is 0 Å². The lowest BCUT2D eigenvalue weighted by Gasteiger charge is -2.35. The number of hydrogen-bond donors (Lipinski definition) is 1. The maximum Gasteiger partial charge on any atom is 0.268 e. The fourth-order valence-corrected chi connectivity index (χ4v) is 2.60. The molecular weight excluding hydrogens is 283 g/mol. The van der Waals surface area contributed by atoms with E-state index in [0.717, 1.165) is 5.56 Å². The van der Waals surface area contributed by atoms with Gasteiger partial charge in [-0.3, -0.25) is 9.69 Å². The maximum absolute atomic E-state index is 13.0. The summed E-state index contributed by atoms with van der Waals surface area (Å²) in [6, 6.07) is 11.4. The number of ether oxygens (including phenoxy) is 1. The summed E-state index contributed by atoms with van der Waals surface area (Å²) >= 11 is 0. The Morgan fingerprint density at radius 1 is 1.23 bits per heavy atom. The van der Waals surface area contributed by atoms with Crippen molar-refractivity contribution < 1.29 is 13.9 Å². The molecule has 0 saturated carbocycles.